The molecule has 6 heteroatoms. The number of rotatable bonds is 4. The number of methoxy groups -OCH3 is 1. The molecule has 1 aromatic heterocycles. The normalized spacial score (nSPS) is 11.1. The van der Waals surface area contributed by atoms with Crippen LogP contribution < -0.4 is 10.3 Å². The molecule has 0 spiro atoms. The van der Waals surface area contributed by atoms with Gasteiger partial charge in [-0.1, -0.05) is 36.1 Å². The van der Waals surface area contributed by atoms with Gasteiger partial charge >= 0.3 is 0 Å². The Kier molecular flexibility index (Phi) is 6.92. The predicted octanol–water partition coefficient (Wildman–Crippen LogP) is 6.84. The minimum Gasteiger partial charge on any atom is -0.508 e. The van der Waals surface area contributed by atoms with E-state index in [0.717, 1.165) is 33.2 Å². The van der Waals surface area contributed by atoms with Crippen molar-refractivity contribution in [1.29, 1.82) is 0 Å². The Hall–Kier alpha value is -5.80. The highest BCUT2D eigenvalue weighted by Gasteiger charge is 2.13. The molecule has 0 bridgehead atoms. The maximum Gasteiger partial charge on any atom is 0.266 e. The lowest BCUT2D eigenvalue weighted by molar-refractivity contribution is 0.415. The number of phenols is 2. The molecule has 5 aromatic carbocycles. The van der Waals surface area contributed by atoms with E-state index in [1.54, 1.807) is 36.0 Å². The number of para-hydroxylation sites is 1. The molecule has 6 rings (SSSR count). The van der Waals surface area contributed by atoms with Crippen LogP contribution in [0.2, 0.25) is 0 Å². The lowest BCUT2D eigenvalue weighted by Gasteiger charge is -2.14. The van der Waals surface area contributed by atoms with Crippen LogP contribution in [0.4, 0.5) is 0 Å². The van der Waals surface area contributed by atoms with Crippen molar-refractivity contribution < 1.29 is 14.9 Å². The smallest absolute Gasteiger partial charge is 0.266 e. The topological polar surface area (TPSA) is 84.6 Å². The third-order valence-electron chi connectivity index (χ3n) is 7.06. The minimum atomic E-state index is -0.213. The Bertz CT molecular complexity index is 2150. The van der Waals surface area contributed by atoms with Gasteiger partial charge in [0.25, 0.3) is 5.56 Å². The zero-order chi connectivity index (χ0) is 29.2. The predicted molar refractivity (Wildman–Crippen MR) is 167 cm³/mol. The van der Waals surface area contributed by atoms with E-state index in [-0.39, 0.29) is 17.1 Å². The lowest BCUT2D eigenvalue weighted by atomic mass is 10.1. The van der Waals surface area contributed by atoms with Crippen LogP contribution >= 0.6 is 0 Å². The largest absolute Gasteiger partial charge is 0.508 e. The monoisotopic (exact) mass is 550 g/mol. The first-order valence-corrected chi connectivity index (χ1v) is 13.3. The number of hydrogen-bond donors (Lipinski definition) is 2. The average molecular weight is 551 g/mol. The van der Waals surface area contributed by atoms with Crippen LogP contribution in [-0.4, -0.2) is 26.9 Å². The molecule has 42 heavy (non-hydrogen) atoms. The Balaban J connectivity index is 1.40. The van der Waals surface area contributed by atoms with Gasteiger partial charge in [0.05, 0.1) is 23.7 Å². The van der Waals surface area contributed by atoms with E-state index < -0.39 is 0 Å². The van der Waals surface area contributed by atoms with Gasteiger partial charge in [-0.15, -0.1) is 0 Å². The van der Waals surface area contributed by atoms with E-state index in [4.69, 9.17) is 9.72 Å². The van der Waals surface area contributed by atoms with Gasteiger partial charge in [-0.2, -0.15) is 0 Å². The second-order valence-electron chi connectivity index (χ2n) is 9.88. The molecule has 6 aromatic rings. The number of aryl methyl sites for hydroxylation is 1. The van der Waals surface area contributed by atoms with Gasteiger partial charge in [0, 0.05) is 16.7 Å². The van der Waals surface area contributed by atoms with Gasteiger partial charge in [-0.3, -0.25) is 9.36 Å². The summed E-state index contributed by atoms with van der Waals surface area (Å²) in [5, 5.41) is 22.8. The van der Waals surface area contributed by atoms with Crippen molar-refractivity contribution in [1.82, 2.24) is 9.55 Å². The molecule has 204 valence electrons. The van der Waals surface area contributed by atoms with Crippen LogP contribution in [-0.2, 0) is 0 Å². The lowest BCUT2D eigenvalue weighted by Crippen LogP contribution is -2.23. The Morgan fingerprint density at radius 2 is 1.55 bits per heavy atom. The standard InChI is InChI=1S/C36H26N2O4/c1-23-19-24(7-8-25-9-11-27-22-30(42-2)15-12-26(27)20-25)10-16-33(23)38-35(18-13-28-21-29(39)14-17-34(28)40)37-32-6-4-3-5-31(32)36(38)41/h3-6,9-22,39-40H,1-2H3. The first-order valence-electron chi connectivity index (χ1n) is 13.3. The molecule has 0 unspecified atom stereocenters. The van der Waals surface area contributed by atoms with Crippen molar-refractivity contribution in [3.8, 4) is 34.8 Å². The molecule has 0 saturated carbocycles. The minimum absolute atomic E-state index is 0.00369. The quantitative estimate of drug-likeness (QED) is 0.186. The molecule has 1 heterocycles. The van der Waals surface area contributed by atoms with Crippen molar-refractivity contribution in [2.24, 2.45) is 0 Å². The molecule has 0 aliphatic carbocycles. The number of aromatic nitrogens is 2. The average Bonchev–Trinajstić information content (AvgIpc) is 3.00. The van der Waals surface area contributed by atoms with Crippen LogP contribution in [0.25, 0.3) is 39.5 Å². The fraction of sp³-hybridized carbons (Fsp3) is 0.0556. The molecule has 0 atom stereocenters. The fourth-order valence-electron chi connectivity index (χ4n) is 4.89. The van der Waals surface area contributed by atoms with Crippen LogP contribution in [0.1, 0.15) is 28.1 Å². The van der Waals surface area contributed by atoms with E-state index in [0.29, 0.717) is 28.0 Å². The summed E-state index contributed by atoms with van der Waals surface area (Å²) in [6, 6.07) is 29.2. The Morgan fingerprint density at radius 1 is 0.810 bits per heavy atom. The molecule has 0 amide bonds. The van der Waals surface area contributed by atoms with E-state index in [1.165, 1.54) is 18.2 Å². The molecule has 6 nitrogen and oxygen atoms in total. The summed E-state index contributed by atoms with van der Waals surface area (Å²) in [6.07, 6.45) is 3.28. The van der Waals surface area contributed by atoms with E-state index in [2.05, 4.69) is 11.8 Å². The first kappa shape index (κ1) is 26.4. The SMILES string of the molecule is COc1ccc2cc(C#Cc3ccc(-n4c(C=Cc5cc(O)ccc5O)nc5ccccc5c4=O)c(C)c3)ccc2c1. The molecular formula is C36H26N2O4. The Labute approximate surface area is 242 Å². The van der Waals surface area contributed by atoms with Crippen LogP contribution in [0, 0.1) is 18.8 Å². The van der Waals surface area contributed by atoms with Crippen molar-refractivity contribution >= 4 is 33.8 Å². The fourth-order valence-corrected chi connectivity index (χ4v) is 4.89. The highest BCUT2D eigenvalue weighted by Crippen LogP contribution is 2.25. The van der Waals surface area contributed by atoms with Crippen molar-refractivity contribution in [2.75, 3.05) is 7.11 Å². The molecular weight excluding hydrogens is 524 g/mol. The summed E-state index contributed by atoms with van der Waals surface area (Å²) < 4.78 is 6.87. The summed E-state index contributed by atoms with van der Waals surface area (Å²) in [5.41, 5.74) is 3.98. The van der Waals surface area contributed by atoms with Crippen LogP contribution in [0.3, 0.4) is 0 Å². The second kappa shape index (κ2) is 11.0. The summed E-state index contributed by atoms with van der Waals surface area (Å²) in [5.74, 6) is 7.71. The zero-order valence-electron chi connectivity index (χ0n) is 23.0. The maximum absolute atomic E-state index is 13.7. The number of nitrogens with zero attached hydrogens (tertiary/aromatic N) is 2. The first-order chi connectivity index (χ1) is 20.4. The van der Waals surface area contributed by atoms with E-state index in [1.807, 2.05) is 73.7 Å². The van der Waals surface area contributed by atoms with Crippen molar-refractivity contribution in [2.45, 2.75) is 6.92 Å². The van der Waals surface area contributed by atoms with Gasteiger partial charge in [-0.05, 0) is 108 Å². The molecule has 0 aliphatic rings. The van der Waals surface area contributed by atoms with Gasteiger partial charge in [0.1, 0.15) is 23.1 Å². The van der Waals surface area contributed by atoms with Crippen molar-refractivity contribution in [3.63, 3.8) is 0 Å². The van der Waals surface area contributed by atoms with E-state index >= 15 is 0 Å². The number of benzene rings is 5. The second-order valence-corrected chi connectivity index (χ2v) is 9.88. The molecule has 0 fully saturated rings. The third kappa shape index (κ3) is 5.19. The maximum atomic E-state index is 13.7. The number of ether oxygens (including phenoxy) is 1. The number of aromatic hydroxyl groups is 2. The van der Waals surface area contributed by atoms with Gasteiger partial charge < -0.3 is 14.9 Å². The van der Waals surface area contributed by atoms with E-state index in [9.17, 15) is 15.0 Å². The number of hydrogen-bond acceptors (Lipinski definition) is 5. The van der Waals surface area contributed by atoms with Crippen LogP contribution in [0.15, 0.2) is 102 Å². The summed E-state index contributed by atoms with van der Waals surface area (Å²) >= 11 is 0. The highest BCUT2D eigenvalue weighted by atomic mass is 16.5. The number of fused-ring (bicyclic) bond motifs is 2. The zero-order valence-corrected chi connectivity index (χ0v) is 23.0. The Morgan fingerprint density at radius 3 is 2.36 bits per heavy atom. The molecule has 2 N–H and O–H groups in total. The summed E-state index contributed by atoms with van der Waals surface area (Å²) in [4.78, 5) is 18.5. The molecule has 0 aliphatic heterocycles. The van der Waals surface area contributed by atoms with Gasteiger partial charge in [-0.25, -0.2) is 4.98 Å². The van der Waals surface area contributed by atoms with Crippen molar-refractivity contribution in [3.05, 3.63) is 135 Å². The van der Waals surface area contributed by atoms with Gasteiger partial charge in [0.15, 0.2) is 0 Å². The van der Waals surface area contributed by atoms with Crippen LogP contribution in [0.5, 0.6) is 17.2 Å². The van der Waals surface area contributed by atoms with Gasteiger partial charge in [0.2, 0.25) is 0 Å². The summed E-state index contributed by atoms with van der Waals surface area (Å²) in [6.45, 7) is 1.93. The number of phenolic OH excluding ortho intramolecular Hbond substituents is 2. The molecule has 0 saturated heterocycles. The highest BCUT2D eigenvalue weighted by molar-refractivity contribution is 5.85. The molecule has 0 radical (unpaired) electrons. The third-order valence-corrected chi connectivity index (χ3v) is 7.06. The summed E-state index contributed by atoms with van der Waals surface area (Å²) in [7, 11) is 1.65.